The molecule has 0 atom stereocenters. The number of aryl methyl sites for hydroxylation is 2. The Kier molecular flexibility index (Phi) is 4.10. The van der Waals surface area contributed by atoms with Crippen molar-refractivity contribution in [3.63, 3.8) is 0 Å². The van der Waals surface area contributed by atoms with Crippen LogP contribution < -0.4 is 5.32 Å². The second-order valence-corrected chi connectivity index (χ2v) is 7.54. The number of nitrogens with one attached hydrogen (secondary N) is 1. The molecule has 1 aliphatic heterocycles. The highest BCUT2D eigenvalue weighted by Gasteiger charge is 2.12. The van der Waals surface area contributed by atoms with E-state index in [1.165, 1.54) is 11.1 Å². The molecule has 0 aliphatic carbocycles. The topological polar surface area (TPSA) is 63.1 Å². The molecule has 4 aromatic rings. The van der Waals surface area contributed by atoms with Gasteiger partial charge in [0, 0.05) is 18.3 Å². The average Bonchev–Trinajstić information content (AvgIpc) is 3.34. The minimum Gasteiger partial charge on any atom is -0.338 e. The molecular weight excluding hydrogens is 354 g/mol. The summed E-state index contributed by atoms with van der Waals surface area (Å²) < 4.78 is 0. The number of anilines is 2. The first kappa shape index (κ1) is 16.1. The predicted molar refractivity (Wildman–Crippen MR) is 110 cm³/mol. The van der Waals surface area contributed by atoms with Crippen LogP contribution in [-0.2, 0) is 19.4 Å². The van der Waals surface area contributed by atoms with E-state index in [1.54, 1.807) is 17.7 Å². The fraction of sp³-hybridized carbons (Fsp3) is 0.143. The van der Waals surface area contributed by atoms with Gasteiger partial charge in [-0.25, -0.2) is 15.0 Å². The third-order valence-electron chi connectivity index (χ3n) is 4.61. The van der Waals surface area contributed by atoms with E-state index in [2.05, 4.69) is 62.7 Å². The molecule has 0 bridgehead atoms. The molecule has 1 aliphatic rings. The smallest absolute Gasteiger partial charge is 0.161 e. The Hall–Kier alpha value is -3.12. The van der Waals surface area contributed by atoms with Gasteiger partial charge in [0.25, 0.3) is 0 Å². The Balaban J connectivity index is 1.40. The zero-order valence-corrected chi connectivity index (χ0v) is 15.4. The highest BCUT2D eigenvalue weighted by molar-refractivity contribution is 7.18. The lowest BCUT2D eigenvalue weighted by molar-refractivity contribution is 0.949. The molecule has 2 aromatic heterocycles. The highest BCUT2D eigenvalue weighted by atomic mass is 32.1. The van der Waals surface area contributed by atoms with E-state index in [4.69, 9.17) is 4.98 Å². The van der Waals surface area contributed by atoms with Gasteiger partial charge in [-0.15, -0.1) is 0 Å². The lowest BCUT2D eigenvalue weighted by atomic mass is 10.1. The van der Waals surface area contributed by atoms with Gasteiger partial charge < -0.3 is 5.32 Å². The van der Waals surface area contributed by atoms with Crippen LogP contribution in [0, 0.1) is 0 Å². The fourth-order valence-electron chi connectivity index (χ4n) is 3.21. The Bertz CT molecular complexity index is 1130. The molecule has 27 heavy (non-hydrogen) atoms. The monoisotopic (exact) mass is 371 g/mol. The Morgan fingerprint density at radius 3 is 2.85 bits per heavy atom. The van der Waals surface area contributed by atoms with Crippen molar-refractivity contribution in [1.82, 2.24) is 15.0 Å². The van der Waals surface area contributed by atoms with Gasteiger partial charge in [0.1, 0.15) is 16.7 Å². The summed E-state index contributed by atoms with van der Waals surface area (Å²) in [7, 11) is 0. The van der Waals surface area contributed by atoms with Gasteiger partial charge in [0.2, 0.25) is 0 Å². The molecular formula is C21H17N5S. The number of aromatic nitrogens is 3. The van der Waals surface area contributed by atoms with Crippen molar-refractivity contribution in [2.75, 3.05) is 5.32 Å². The van der Waals surface area contributed by atoms with E-state index >= 15 is 0 Å². The number of thiazole rings is 1. The standard InChI is InChI=1S/C21H17N5S/c1-2-4-14(5-3-1)6-9-18-26-19-20(23-13-24-21(19)27-18)25-17-8-7-15-11-22-12-16(15)10-17/h1-5,7-8,10,12-13H,6,9,11H2,(H,23,24,25). The van der Waals surface area contributed by atoms with Crippen molar-refractivity contribution >= 4 is 39.4 Å². The van der Waals surface area contributed by atoms with E-state index in [0.29, 0.717) is 0 Å². The quantitative estimate of drug-likeness (QED) is 0.559. The Labute approximate surface area is 160 Å². The zero-order chi connectivity index (χ0) is 18.1. The second kappa shape index (κ2) is 6.89. The Morgan fingerprint density at radius 2 is 1.93 bits per heavy atom. The van der Waals surface area contributed by atoms with Gasteiger partial charge in [-0.2, -0.15) is 0 Å². The molecule has 0 fully saturated rings. The normalized spacial score (nSPS) is 12.4. The zero-order valence-electron chi connectivity index (χ0n) is 14.6. The van der Waals surface area contributed by atoms with E-state index in [1.807, 2.05) is 12.3 Å². The fourth-order valence-corrected chi connectivity index (χ4v) is 4.11. The number of nitrogens with zero attached hydrogens (tertiary/aromatic N) is 4. The van der Waals surface area contributed by atoms with E-state index in [0.717, 1.165) is 51.8 Å². The highest BCUT2D eigenvalue weighted by Crippen LogP contribution is 2.28. The molecule has 0 saturated carbocycles. The molecule has 1 N–H and O–H groups in total. The van der Waals surface area contributed by atoms with Crippen molar-refractivity contribution in [3.8, 4) is 0 Å². The van der Waals surface area contributed by atoms with E-state index in [9.17, 15) is 0 Å². The largest absolute Gasteiger partial charge is 0.338 e. The van der Waals surface area contributed by atoms with Crippen molar-refractivity contribution < 1.29 is 0 Å². The van der Waals surface area contributed by atoms with Crippen LogP contribution in [0.15, 0.2) is 59.9 Å². The summed E-state index contributed by atoms with van der Waals surface area (Å²) >= 11 is 1.64. The summed E-state index contributed by atoms with van der Waals surface area (Å²) in [4.78, 5) is 18.8. The van der Waals surface area contributed by atoms with Gasteiger partial charge in [-0.3, -0.25) is 4.99 Å². The van der Waals surface area contributed by atoms with Crippen molar-refractivity contribution in [3.05, 3.63) is 76.6 Å². The molecule has 6 heteroatoms. The second-order valence-electron chi connectivity index (χ2n) is 6.48. The lowest BCUT2D eigenvalue weighted by Gasteiger charge is -2.07. The first-order valence-electron chi connectivity index (χ1n) is 8.89. The molecule has 0 saturated heterocycles. The van der Waals surface area contributed by atoms with Crippen LogP contribution in [0.25, 0.3) is 10.3 Å². The average molecular weight is 371 g/mol. The maximum absolute atomic E-state index is 4.80. The molecule has 2 aromatic carbocycles. The molecule has 0 amide bonds. The third kappa shape index (κ3) is 3.31. The van der Waals surface area contributed by atoms with Crippen LogP contribution in [-0.4, -0.2) is 21.2 Å². The minimum absolute atomic E-state index is 0.747. The van der Waals surface area contributed by atoms with Crippen molar-refractivity contribution in [1.29, 1.82) is 0 Å². The summed E-state index contributed by atoms with van der Waals surface area (Å²) in [5.74, 6) is 0.747. The minimum atomic E-state index is 0.747. The van der Waals surface area contributed by atoms with Crippen molar-refractivity contribution in [2.45, 2.75) is 19.4 Å². The number of hydrogen-bond acceptors (Lipinski definition) is 6. The maximum Gasteiger partial charge on any atom is 0.161 e. The van der Waals surface area contributed by atoms with E-state index < -0.39 is 0 Å². The lowest BCUT2D eigenvalue weighted by Crippen LogP contribution is -1.97. The summed E-state index contributed by atoms with van der Waals surface area (Å²) in [5.41, 5.74) is 5.55. The molecule has 0 unspecified atom stereocenters. The number of rotatable bonds is 5. The number of aliphatic imine (C=N–C) groups is 1. The Morgan fingerprint density at radius 1 is 1.00 bits per heavy atom. The SMILES string of the molecule is C1=NCc2ccc(Nc3ncnc4sc(CCc5ccccc5)nc34)cc21. The number of hydrogen-bond donors (Lipinski definition) is 1. The van der Waals surface area contributed by atoms with Gasteiger partial charge in [0.15, 0.2) is 5.82 Å². The molecule has 3 heterocycles. The number of benzene rings is 2. The summed E-state index contributed by atoms with van der Waals surface area (Å²) in [5, 5.41) is 4.48. The van der Waals surface area contributed by atoms with Crippen LogP contribution >= 0.6 is 11.3 Å². The first-order chi connectivity index (χ1) is 13.3. The van der Waals surface area contributed by atoms with Gasteiger partial charge in [0.05, 0.1) is 11.6 Å². The molecule has 0 spiro atoms. The van der Waals surface area contributed by atoms with Crippen LogP contribution in [0.4, 0.5) is 11.5 Å². The molecule has 5 nitrogen and oxygen atoms in total. The van der Waals surface area contributed by atoms with Crippen LogP contribution in [0.5, 0.6) is 0 Å². The predicted octanol–water partition coefficient (Wildman–Crippen LogP) is 4.55. The number of fused-ring (bicyclic) bond motifs is 2. The van der Waals surface area contributed by atoms with Crippen LogP contribution in [0.1, 0.15) is 21.7 Å². The molecule has 5 rings (SSSR count). The summed E-state index contributed by atoms with van der Waals surface area (Å²) in [6.07, 6.45) is 5.39. The summed E-state index contributed by atoms with van der Waals surface area (Å²) in [6, 6.07) is 16.8. The first-order valence-corrected chi connectivity index (χ1v) is 9.71. The maximum atomic E-state index is 4.80. The third-order valence-corrected chi connectivity index (χ3v) is 5.63. The van der Waals surface area contributed by atoms with E-state index in [-0.39, 0.29) is 0 Å². The van der Waals surface area contributed by atoms with Crippen molar-refractivity contribution in [2.24, 2.45) is 4.99 Å². The van der Waals surface area contributed by atoms with Gasteiger partial charge in [-0.05, 0) is 35.2 Å². The van der Waals surface area contributed by atoms with Crippen LogP contribution in [0.2, 0.25) is 0 Å². The molecule has 0 radical (unpaired) electrons. The van der Waals surface area contributed by atoms with Gasteiger partial charge >= 0.3 is 0 Å². The summed E-state index contributed by atoms with van der Waals surface area (Å²) in [6.45, 7) is 0.768. The molecule has 132 valence electrons. The van der Waals surface area contributed by atoms with Gasteiger partial charge in [-0.1, -0.05) is 47.7 Å². The van der Waals surface area contributed by atoms with Crippen LogP contribution in [0.3, 0.4) is 0 Å².